The first-order chi connectivity index (χ1) is 48.9. The van der Waals surface area contributed by atoms with Crippen LogP contribution in [0.4, 0.5) is 47.4 Å². The van der Waals surface area contributed by atoms with E-state index in [1.165, 1.54) is 40.8 Å². The molecule has 0 radical (unpaired) electrons. The molecule has 33 heteroatoms. The van der Waals surface area contributed by atoms with E-state index >= 15 is 0 Å². The van der Waals surface area contributed by atoms with Crippen molar-refractivity contribution in [3.8, 4) is 23.5 Å². The van der Waals surface area contributed by atoms with E-state index in [9.17, 15) is 31.2 Å². The first-order valence-corrected chi connectivity index (χ1v) is 36.7. The third-order valence-corrected chi connectivity index (χ3v) is 21.8. The van der Waals surface area contributed by atoms with E-state index in [0.717, 1.165) is 67.5 Å². The first-order valence-electron chi connectivity index (χ1n) is 31.9. The lowest BCUT2D eigenvalue weighted by Gasteiger charge is -2.30. The van der Waals surface area contributed by atoms with Crippen LogP contribution >= 0.6 is 34.7 Å². The van der Waals surface area contributed by atoms with Crippen molar-refractivity contribution >= 4 is 127 Å². The topological polar surface area (TPSA) is 321 Å². The number of amides is 2. The average Bonchev–Trinajstić information content (AvgIpc) is 1.60. The number of nitrogens with two attached hydrogens (primary N) is 1. The second-order valence-corrected chi connectivity index (χ2v) is 30.3. The molecule has 8 heterocycles. The van der Waals surface area contributed by atoms with Crippen molar-refractivity contribution in [2.45, 2.75) is 73.9 Å². The highest BCUT2D eigenvalue weighted by atomic mass is 35.5. The summed E-state index contributed by atoms with van der Waals surface area (Å²) in [6, 6.07) is 38.5. The third-order valence-electron chi connectivity index (χ3n) is 17.2. The molecule has 2 aliphatic carbocycles. The highest BCUT2D eigenvalue weighted by molar-refractivity contribution is 7.90. The number of nitrogens with zero attached hydrogens (tertiary/aromatic N) is 13. The summed E-state index contributed by atoms with van der Waals surface area (Å²) >= 11 is 7.09. The molecule has 2 amide bonds. The highest BCUT2D eigenvalue weighted by Gasteiger charge is 2.45. The van der Waals surface area contributed by atoms with E-state index in [-0.39, 0.29) is 27.9 Å². The van der Waals surface area contributed by atoms with Crippen LogP contribution in [0, 0.1) is 36.8 Å². The maximum Gasteiger partial charge on any atom is 0.418 e. The molecule has 14 rings (SSSR count). The number of rotatable bonds is 13. The van der Waals surface area contributed by atoms with Crippen LogP contribution in [0.25, 0.3) is 31.8 Å². The predicted molar refractivity (Wildman–Crippen MR) is 389 cm³/mol. The molecule has 0 bridgehead atoms. The number of carbonyl (C=O) groups excluding carboxylic acids is 3. The zero-order valence-corrected chi connectivity index (χ0v) is 60.5. The summed E-state index contributed by atoms with van der Waals surface area (Å²) < 4.78 is 87.5. The van der Waals surface area contributed by atoms with Crippen molar-refractivity contribution in [3.63, 3.8) is 0 Å². The minimum atomic E-state index is -3.83. The van der Waals surface area contributed by atoms with Gasteiger partial charge < -0.3 is 49.4 Å². The van der Waals surface area contributed by atoms with Gasteiger partial charge in [-0.3, -0.25) is 5.32 Å². The van der Waals surface area contributed by atoms with Crippen LogP contribution in [0.5, 0.6) is 23.5 Å². The Balaban J connectivity index is 0.000000152. The molecule has 2 saturated heterocycles. The van der Waals surface area contributed by atoms with Crippen molar-refractivity contribution < 1.29 is 54.9 Å². The molecule has 6 aromatic heterocycles. The summed E-state index contributed by atoms with van der Waals surface area (Å²) in [5.41, 5.74) is 6.84. The molecule has 0 spiro atoms. The number of likely N-dealkylation sites (tertiary alicyclic amines) is 1. The van der Waals surface area contributed by atoms with Crippen molar-refractivity contribution in [2.75, 3.05) is 75.3 Å². The van der Waals surface area contributed by atoms with Gasteiger partial charge in [-0.1, -0.05) is 72.8 Å². The molecule has 10 aromatic rings. The SMILES string of the molecule is COc1nsc(N)n1.COc1nsc(NC(=O)Oc2ccccc2)n1.O=C(Cl)Oc1ccccc1.[C-]#[N+]c1cnc2c(ccn2S(=O)(=O)c2ccccc2)c1N(C)C1C[C@@H]2CN(C(=O)OC(C)(C)C)C[C@@H]2C1.[C-]#[N+]c1cnc2c(ccn2S(=O)(=O)c2ccccc2)c1N(C)C1C[C@H]2CNC[C@H]2C1. The number of nitrogen functional groups attached to an aromatic ring is 1. The number of benzene rings is 4. The lowest BCUT2D eigenvalue weighted by molar-refractivity contribution is 0.0279. The van der Waals surface area contributed by atoms with Gasteiger partial charge in [-0.2, -0.15) is 9.97 Å². The molecule has 102 heavy (non-hydrogen) atoms. The molecule has 532 valence electrons. The van der Waals surface area contributed by atoms with Gasteiger partial charge in [0.05, 0.1) is 48.5 Å². The number of pyridine rings is 2. The molecule has 6 atom stereocenters. The second kappa shape index (κ2) is 32.9. The summed E-state index contributed by atoms with van der Waals surface area (Å²) in [4.78, 5) is 64.3. The van der Waals surface area contributed by atoms with Gasteiger partial charge in [0.1, 0.15) is 17.1 Å². The van der Waals surface area contributed by atoms with Crippen LogP contribution in [0.2, 0.25) is 0 Å². The minimum absolute atomic E-state index is 0.163. The fourth-order valence-electron chi connectivity index (χ4n) is 12.6. The van der Waals surface area contributed by atoms with Gasteiger partial charge in [-0.15, -0.1) is 8.75 Å². The Labute approximate surface area is 603 Å². The lowest BCUT2D eigenvalue weighted by atomic mass is 10.0. The Morgan fingerprint density at radius 3 is 1.44 bits per heavy atom. The number of ether oxygens (including phenoxy) is 5. The smallest absolute Gasteiger partial charge is 0.418 e. The third kappa shape index (κ3) is 17.8. The molecule has 4 fully saturated rings. The number of hydrogen-bond acceptors (Lipinski definition) is 24. The van der Waals surface area contributed by atoms with Gasteiger partial charge in [0, 0.05) is 109 Å². The highest BCUT2D eigenvalue weighted by Crippen LogP contribution is 2.46. The van der Waals surface area contributed by atoms with Gasteiger partial charge in [0.2, 0.25) is 21.6 Å². The minimum Gasteiger partial charge on any atom is -0.466 e. The summed E-state index contributed by atoms with van der Waals surface area (Å²) in [7, 11) is -0.664. The van der Waals surface area contributed by atoms with Crippen LogP contribution in [0.3, 0.4) is 0 Å². The number of anilines is 4. The second-order valence-electron chi connectivity index (χ2n) is 24.8. The normalized spacial score (nSPS) is 17.9. The van der Waals surface area contributed by atoms with Gasteiger partial charge in [-0.05, 0) is 144 Å². The van der Waals surface area contributed by atoms with Crippen LogP contribution in [0.1, 0.15) is 46.5 Å². The predicted octanol–water partition coefficient (Wildman–Crippen LogP) is 12.9. The van der Waals surface area contributed by atoms with Crippen molar-refractivity contribution in [2.24, 2.45) is 23.7 Å². The number of carbonyl (C=O) groups is 3. The van der Waals surface area contributed by atoms with Crippen LogP contribution in [0.15, 0.2) is 168 Å². The van der Waals surface area contributed by atoms with Gasteiger partial charge >= 0.3 is 29.6 Å². The monoisotopic (exact) mass is 1480 g/mol. The number of halogens is 1. The number of aromatic nitrogens is 8. The number of hydrogen-bond donors (Lipinski definition) is 3. The summed E-state index contributed by atoms with van der Waals surface area (Å²) in [5, 5.41) is 7.99. The van der Waals surface area contributed by atoms with Crippen molar-refractivity contribution in [3.05, 3.63) is 181 Å². The molecule has 2 saturated carbocycles. The van der Waals surface area contributed by atoms with Crippen LogP contribution in [-0.4, -0.2) is 148 Å². The van der Waals surface area contributed by atoms with E-state index < -0.39 is 37.2 Å². The Hall–Kier alpha value is -10.5. The number of fused-ring (bicyclic) bond motifs is 4. The molecule has 4 aliphatic rings. The average molecular weight is 1480 g/mol. The molecular formula is C69H73ClN16O12S4. The zero-order chi connectivity index (χ0) is 72.9. The number of para-hydroxylation sites is 2. The Kier molecular flexibility index (Phi) is 23.9. The van der Waals surface area contributed by atoms with E-state index in [2.05, 4.69) is 68.3 Å². The number of nitrogens with one attached hydrogen (secondary N) is 2. The van der Waals surface area contributed by atoms with Crippen molar-refractivity contribution in [1.82, 2.24) is 46.8 Å². The van der Waals surface area contributed by atoms with Gasteiger partial charge in [0.15, 0.2) is 11.3 Å². The fraction of sp³-hybridized carbons (Fsp3) is 0.319. The number of methoxy groups -OCH3 is 2. The van der Waals surface area contributed by atoms with Gasteiger partial charge in [-0.25, -0.2) is 58.8 Å². The lowest BCUT2D eigenvalue weighted by Crippen LogP contribution is -2.37. The summed E-state index contributed by atoms with van der Waals surface area (Å²) in [6.45, 7) is 24.4. The maximum atomic E-state index is 13.3. The van der Waals surface area contributed by atoms with E-state index in [4.69, 9.17) is 44.7 Å². The molecule has 4 aromatic carbocycles. The quantitative estimate of drug-likeness (QED) is 0.0713. The van der Waals surface area contributed by atoms with E-state index in [1.807, 2.05) is 47.0 Å². The fourth-order valence-corrected chi connectivity index (χ4v) is 16.3. The summed E-state index contributed by atoms with van der Waals surface area (Å²) in [6.07, 6.45) is 9.04. The standard InChI is InChI=1S/C27H31N5O4S.C22H23N5O2S.C10H9N3O3S.C7H5ClO2.C3H5N3OS/c1-27(2,3)36-26(33)31-16-18-13-20(14-19(18)17-31)30(5)24-22-11-12-32(25(22)29-15-23(24)28-4)37(34,35)21-9-7-6-8-10-21;1-23-20-14-25-22-19(8-9-27(22)30(28,29)18-6-4-3-5-7-18)21(20)26(2)17-10-15-12-24-13-16(15)11-17;1-15-8-11-9(17-13-8)12-10(14)16-7-5-3-2-4-6-7;8-7(9)10-6-4-2-1-3-5-6;1-7-3-5-2(4)8-6-3/h6-12,15,18-20H,13-14,16-17H2,1-3,5H3;3-9,14-17,24H,10-13H2,2H3;2-6H,1H3,(H,11,12,13,14);1-5H;1H3,(H2,4,5,6)/t18-,19+,20?;15-,16+,17?;;;. The van der Waals surface area contributed by atoms with Gasteiger partial charge in [0.25, 0.3) is 20.0 Å². The molecule has 2 unspecified atom stereocenters. The largest absolute Gasteiger partial charge is 0.466 e. The Bertz CT molecular complexity index is 4850. The molecule has 28 nitrogen and oxygen atoms in total. The van der Waals surface area contributed by atoms with E-state index in [0.29, 0.717) is 110 Å². The van der Waals surface area contributed by atoms with Crippen LogP contribution in [-0.2, 0) is 24.8 Å². The molecular weight excluding hydrogens is 1410 g/mol. The van der Waals surface area contributed by atoms with E-state index in [1.54, 1.807) is 132 Å². The molecule has 4 N–H and O–H groups in total. The zero-order valence-electron chi connectivity index (χ0n) is 56.4. The first kappa shape index (κ1) is 74.2. The van der Waals surface area contributed by atoms with Crippen molar-refractivity contribution in [1.29, 1.82) is 0 Å². The maximum absolute atomic E-state index is 13.3. The molecule has 2 aliphatic heterocycles. The Morgan fingerprint density at radius 2 is 1.05 bits per heavy atom. The van der Waals surface area contributed by atoms with Crippen LogP contribution < -0.4 is 45.1 Å². The summed E-state index contributed by atoms with van der Waals surface area (Å²) in [5.74, 6) is 2.99. The Morgan fingerprint density at radius 1 is 0.627 bits per heavy atom.